The van der Waals surface area contributed by atoms with E-state index in [0.29, 0.717) is 23.3 Å². The Kier molecular flexibility index (Phi) is 5.61. The van der Waals surface area contributed by atoms with Crippen LogP contribution >= 0.6 is 11.8 Å². The Labute approximate surface area is 121 Å². The first-order chi connectivity index (χ1) is 9.81. The maximum Gasteiger partial charge on any atom is 0.276 e. The molecule has 0 aliphatic heterocycles. The molecule has 1 aromatic heterocycles. The summed E-state index contributed by atoms with van der Waals surface area (Å²) in [5.41, 5.74) is 0.640. The van der Waals surface area contributed by atoms with E-state index >= 15 is 0 Å². The smallest absolute Gasteiger partial charge is 0.276 e. The number of hydrogen-bond donors (Lipinski definition) is 0. The number of carbonyl (C=O) groups is 1. The van der Waals surface area contributed by atoms with Crippen LogP contribution in [0, 0.1) is 0 Å². The summed E-state index contributed by atoms with van der Waals surface area (Å²) in [5.74, 6) is 2.15. The second-order valence-electron chi connectivity index (χ2n) is 4.10. The minimum atomic E-state index is 0.538. The van der Waals surface area contributed by atoms with E-state index < -0.39 is 0 Å². The van der Waals surface area contributed by atoms with Gasteiger partial charge in [-0.25, -0.2) is 0 Å². The number of aryl methyl sites for hydroxylation is 1. The van der Waals surface area contributed by atoms with Crippen molar-refractivity contribution in [2.24, 2.45) is 0 Å². The highest BCUT2D eigenvalue weighted by atomic mass is 32.2. The van der Waals surface area contributed by atoms with Gasteiger partial charge in [-0.3, -0.25) is 4.79 Å². The first-order valence-electron chi connectivity index (χ1n) is 6.45. The maximum absolute atomic E-state index is 10.5. The molecule has 1 heterocycles. The van der Waals surface area contributed by atoms with Crippen LogP contribution in [0.3, 0.4) is 0 Å². The molecule has 0 amide bonds. The molecule has 0 atom stereocenters. The second-order valence-corrected chi connectivity index (χ2v) is 5.14. The van der Waals surface area contributed by atoms with Gasteiger partial charge in [-0.15, -0.1) is 10.2 Å². The molecule has 0 saturated heterocycles. The number of aromatic nitrogens is 2. The number of thioether (sulfide) groups is 1. The van der Waals surface area contributed by atoms with E-state index in [1.807, 2.05) is 0 Å². The molecule has 0 bridgehead atoms. The third-order valence-electron chi connectivity index (χ3n) is 2.51. The first kappa shape index (κ1) is 14.6. The van der Waals surface area contributed by atoms with E-state index in [0.717, 1.165) is 30.6 Å². The van der Waals surface area contributed by atoms with Crippen molar-refractivity contribution in [2.75, 3.05) is 12.4 Å². The molecule has 0 N–H and O–H groups in total. The number of benzene rings is 1. The van der Waals surface area contributed by atoms with Crippen LogP contribution in [0.4, 0.5) is 0 Å². The van der Waals surface area contributed by atoms with E-state index in [1.165, 1.54) is 11.8 Å². The molecule has 2 rings (SSSR count). The van der Waals surface area contributed by atoms with Crippen molar-refractivity contribution in [3.63, 3.8) is 0 Å². The zero-order valence-corrected chi connectivity index (χ0v) is 12.1. The van der Waals surface area contributed by atoms with E-state index in [9.17, 15) is 4.79 Å². The molecule has 0 unspecified atom stereocenters. The number of nitrogens with zero attached hydrogens (tertiary/aromatic N) is 2. The van der Waals surface area contributed by atoms with Gasteiger partial charge in [0.1, 0.15) is 12.0 Å². The fourth-order valence-electron chi connectivity index (χ4n) is 1.54. The van der Waals surface area contributed by atoms with Gasteiger partial charge in [-0.05, 0) is 30.7 Å². The van der Waals surface area contributed by atoms with Gasteiger partial charge in [0.15, 0.2) is 0 Å². The molecular formula is C14H16N2O3S. The van der Waals surface area contributed by atoms with E-state index in [-0.39, 0.29) is 0 Å². The normalized spacial score (nSPS) is 10.4. The Bertz CT molecular complexity index is 540. The van der Waals surface area contributed by atoms with Crippen LogP contribution < -0.4 is 4.74 Å². The maximum atomic E-state index is 10.5. The monoisotopic (exact) mass is 292 g/mol. The molecule has 1 aromatic carbocycles. The van der Waals surface area contributed by atoms with Gasteiger partial charge in [0.25, 0.3) is 5.22 Å². The van der Waals surface area contributed by atoms with Gasteiger partial charge in [0.05, 0.1) is 6.61 Å². The van der Waals surface area contributed by atoms with Gasteiger partial charge in [-0.1, -0.05) is 18.7 Å². The summed E-state index contributed by atoms with van der Waals surface area (Å²) in [6, 6.07) is 7.01. The van der Waals surface area contributed by atoms with Gasteiger partial charge >= 0.3 is 0 Å². The first-order valence-corrected chi connectivity index (χ1v) is 7.43. The standard InChI is InChI=1S/C14H16N2O3S/c1-2-3-13-15-16-14(19-13)20-9-8-18-12-6-4-11(10-17)5-7-12/h4-7,10H,2-3,8-9H2,1H3. The van der Waals surface area contributed by atoms with Crippen molar-refractivity contribution in [3.05, 3.63) is 35.7 Å². The summed E-state index contributed by atoms with van der Waals surface area (Å²) in [6.07, 6.45) is 2.61. The van der Waals surface area contributed by atoms with Crippen LogP contribution in [-0.2, 0) is 6.42 Å². The zero-order chi connectivity index (χ0) is 14.2. The fourth-order valence-corrected chi connectivity index (χ4v) is 2.14. The lowest BCUT2D eigenvalue weighted by molar-refractivity contribution is 0.112. The van der Waals surface area contributed by atoms with E-state index in [4.69, 9.17) is 9.15 Å². The van der Waals surface area contributed by atoms with Crippen molar-refractivity contribution in [2.45, 2.75) is 25.0 Å². The number of hydrogen-bond acceptors (Lipinski definition) is 6. The van der Waals surface area contributed by atoms with Crippen LogP contribution in [0.15, 0.2) is 33.9 Å². The highest BCUT2D eigenvalue weighted by Crippen LogP contribution is 2.17. The van der Waals surface area contributed by atoms with Crippen LogP contribution in [0.2, 0.25) is 0 Å². The van der Waals surface area contributed by atoms with Gasteiger partial charge in [0, 0.05) is 17.7 Å². The Hall–Kier alpha value is -1.82. The molecule has 0 aliphatic carbocycles. The van der Waals surface area contributed by atoms with Crippen LogP contribution in [0.25, 0.3) is 0 Å². The van der Waals surface area contributed by atoms with E-state index in [2.05, 4.69) is 17.1 Å². The minimum absolute atomic E-state index is 0.538. The third kappa shape index (κ3) is 4.38. The summed E-state index contributed by atoms with van der Waals surface area (Å²) in [7, 11) is 0. The van der Waals surface area contributed by atoms with Crippen molar-refractivity contribution in [1.82, 2.24) is 10.2 Å². The number of aldehydes is 1. The molecular weight excluding hydrogens is 276 g/mol. The third-order valence-corrected chi connectivity index (χ3v) is 3.29. The average molecular weight is 292 g/mol. The van der Waals surface area contributed by atoms with Crippen molar-refractivity contribution in [1.29, 1.82) is 0 Å². The van der Waals surface area contributed by atoms with Crippen molar-refractivity contribution >= 4 is 18.0 Å². The summed E-state index contributed by atoms with van der Waals surface area (Å²) >= 11 is 1.47. The SMILES string of the molecule is CCCc1nnc(SCCOc2ccc(C=O)cc2)o1. The molecule has 106 valence electrons. The Morgan fingerprint density at radius 2 is 2.10 bits per heavy atom. The zero-order valence-electron chi connectivity index (χ0n) is 11.2. The summed E-state index contributed by atoms with van der Waals surface area (Å²) in [5, 5.41) is 8.48. The Morgan fingerprint density at radius 3 is 2.80 bits per heavy atom. The molecule has 0 aliphatic rings. The predicted octanol–water partition coefficient (Wildman–Crippen LogP) is 3.01. The Balaban J connectivity index is 1.71. The predicted molar refractivity (Wildman–Crippen MR) is 76.3 cm³/mol. The fraction of sp³-hybridized carbons (Fsp3) is 0.357. The number of ether oxygens (including phenoxy) is 1. The second kappa shape index (κ2) is 7.69. The van der Waals surface area contributed by atoms with Crippen LogP contribution in [0.5, 0.6) is 5.75 Å². The van der Waals surface area contributed by atoms with Crippen molar-refractivity contribution < 1.29 is 13.9 Å². The lowest BCUT2D eigenvalue weighted by atomic mass is 10.2. The molecule has 0 radical (unpaired) electrons. The van der Waals surface area contributed by atoms with Crippen molar-refractivity contribution in [3.8, 4) is 5.75 Å². The summed E-state index contributed by atoms with van der Waals surface area (Å²) in [4.78, 5) is 10.5. The number of carbonyl (C=O) groups excluding carboxylic acids is 1. The Morgan fingerprint density at radius 1 is 1.30 bits per heavy atom. The largest absolute Gasteiger partial charge is 0.493 e. The molecule has 0 spiro atoms. The lowest BCUT2D eigenvalue weighted by Crippen LogP contribution is -2.00. The van der Waals surface area contributed by atoms with Gasteiger partial charge in [-0.2, -0.15) is 0 Å². The van der Waals surface area contributed by atoms with Gasteiger partial charge < -0.3 is 9.15 Å². The highest BCUT2D eigenvalue weighted by molar-refractivity contribution is 7.99. The molecule has 5 nitrogen and oxygen atoms in total. The summed E-state index contributed by atoms with van der Waals surface area (Å²) in [6.45, 7) is 2.61. The molecule has 0 saturated carbocycles. The topological polar surface area (TPSA) is 65.2 Å². The summed E-state index contributed by atoms with van der Waals surface area (Å²) < 4.78 is 11.0. The van der Waals surface area contributed by atoms with Crippen LogP contribution in [0.1, 0.15) is 29.6 Å². The molecule has 6 heteroatoms. The van der Waals surface area contributed by atoms with Gasteiger partial charge in [0.2, 0.25) is 5.89 Å². The quantitative estimate of drug-likeness (QED) is 0.423. The van der Waals surface area contributed by atoms with E-state index in [1.54, 1.807) is 24.3 Å². The van der Waals surface area contributed by atoms with Crippen LogP contribution in [-0.4, -0.2) is 28.8 Å². The lowest BCUT2D eigenvalue weighted by Gasteiger charge is -2.04. The molecule has 20 heavy (non-hydrogen) atoms. The number of rotatable bonds is 8. The molecule has 0 fully saturated rings. The highest BCUT2D eigenvalue weighted by Gasteiger charge is 2.05. The minimum Gasteiger partial charge on any atom is -0.493 e. The molecule has 2 aromatic rings. The average Bonchev–Trinajstić information content (AvgIpc) is 2.92.